The highest BCUT2D eigenvalue weighted by atomic mass is 35.5. The summed E-state index contributed by atoms with van der Waals surface area (Å²) in [6, 6.07) is 14.9. The summed E-state index contributed by atoms with van der Waals surface area (Å²) < 4.78 is 26.8. The number of nitriles is 1. The van der Waals surface area contributed by atoms with Gasteiger partial charge in [0.2, 0.25) is 11.8 Å². The van der Waals surface area contributed by atoms with Crippen molar-refractivity contribution in [1.82, 2.24) is 20.2 Å². The molecule has 0 N–H and O–H groups in total. The number of ether oxygens (including phenoxy) is 1. The molecule has 0 radical (unpaired) electrons. The van der Waals surface area contributed by atoms with Crippen LogP contribution in [0.2, 0.25) is 10.0 Å². The first kappa shape index (κ1) is 22.7. The van der Waals surface area contributed by atoms with Crippen LogP contribution >= 0.6 is 23.2 Å². The molecule has 10 heteroatoms. The van der Waals surface area contributed by atoms with Gasteiger partial charge in [-0.15, -0.1) is 10.2 Å². The Bertz CT molecular complexity index is 1630. The average Bonchev–Trinajstić information content (AvgIpc) is 3.31. The summed E-state index contributed by atoms with van der Waals surface area (Å²) in [4.78, 5) is 8.72. The summed E-state index contributed by atoms with van der Waals surface area (Å²) >= 11 is 12.2. The zero-order valence-corrected chi connectivity index (χ0v) is 19.6. The largest absolute Gasteiger partial charge is 0.453 e. The van der Waals surface area contributed by atoms with Crippen molar-refractivity contribution in [2.75, 3.05) is 0 Å². The number of benzene rings is 2. The molecule has 0 aliphatic carbocycles. The van der Waals surface area contributed by atoms with Gasteiger partial charge in [-0.1, -0.05) is 29.3 Å². The maximum Gasteiger partial charge on any atom is 0.249 e. The third kappa shape index (κ3) is 4.64. The van der Waals surface area contributed by atoms with Gasteiger partial charge in [-0.25, -0.2) is 14.4 Å². The van der Waals surface area contributed by atoms with Crippen LogP contribution in [0.1, 0.15) is 22.7 Å². The van der Waals surface area contributed by atoms with Crippen LogP contribution in [0, 0.1) is 24.1 Å². The number of hydrogen-bond donors (Lipinski definition) is 0. The van der Waals surface area contributed by atoms with Crippen LogP contribution < -0.4 is 4.74 Å². The topological polar surface area (TPSA) is 97.7 Å². The Labute approximate surface area is 208 Å². The van der Waals surface area contributed by atoms with Gasteiger partial charge in [-0.05, 0) is 49.4 Å². The molecular weight excluding hydrogens is 492 g/mol. The molecule has 0 aliphatic heterocycles. The predicted octanol–water partition coefficient (Wildman–Crippen LogP) is 6.69. The van der Waals surface area contributed by atoms with Crippen molar-refractivity contribution in [2.45, 2.75) is 13.3 Å². The highest BCUT2D eigenvalue weighted by molar-refractivity contribution is 6.32. The van der Waals surface area contributed by atoms with Crippen molar-refractivity contribution >= 4 is 34.2 Å². The summed E-state index contributed by atoms with van der Waals surface area (Å²) in [7, 11) is 0. The molecule has 172 valence electrons. The lowest BCUT2D eigenvalue weighted by atomic mass is 10.1. The molecule has 0 saturated heterocycles. The molecule has 0 fully saturated rings. The standard InChI is InChI=1S/C25H14Cl2FN5O2/c1-13-19(9-16-3-2-6-30-24(16)31-13)25-33-32-21(35-25)10-15-4-5-20(27)23(22(15)28)34-18-8-14(12-29)7-17(26)11-18/h2-9,11H,10H2,1H3. The monoisotopic (exact) mass is 505 g/mol. The minimum atomic E-state index is -0.689. The minimum absolute atomic E-state index is 0.00691. The first-order valence-corrected chi connectivity index (χ1v) is 11.1. The zero-order valence-electron chi connectivity index (χ0n) is 18.1. The van der Waals surface area contributed by atoms with E-state index in [0.717, 1.165) is 5.39 Å². The van der Waals surface area contributed by atoms with Gasteiger partial charge in [0.05, 0.1) is 34.3 Å². The molecule has 3 heterocycles. The van der Waals surface area contributed by atoms with E-state index in [1.807, 2.05) is 31.2 Å². The summed E-state index contributed by atoms with van der Waals surface area (Å²) in [5.41, 5.74) is 2.47. The van der Waals surface area contributed by atoms with Crippen molar-refractivity contribution in [3.05, 3.63) is 93.3 Å². The molecular formula is C25H14Cl2FN5O2. The molecule has 2 aromatic carbocycles. The highest BCUT2D eigenvalue weighted by Gasteiger charge is 2.19. The quantitative estimate of drug-likeness (QED) is 0.262. The fourth-order valence-electron chi connectivity index (χ4n) is 3.52. The maximum atomic E-state index is 15.3. The van der Waals surface area contributed by atoms with Gasteiger partial charge < -0.3 is 9.15 Å². The second-order valence-electron chi connectivity index (χ2n) is 7.59. The number of halogens is 3. The van der Waals surface area contributed by atoms with Gasteiger partial charge in [-0.3, -0.25) is 0 Å². The summed E-state index contributed by atoms with van der Waals surface area (Å²) in [5, 5.41) is 18.5. The van der Waals surface area contributed by atoms with E-state index in [-0.39, 0.29) is 50.9 Å². The number of fused-ring (bicyclic) bond motifs is 1. The summed E-state index contributed by atoms with van der Waals surface area (Å²) in [6.45, 7) is 1.82. The fraction of sp³-hybridized carbons (Fsp3) is 0.0800. The first-order valence-electron chi connectivity index (χ1n) is 10.3. The van der Waals surface area contributed by atoms with Crippen LogP contribution in [-0.4, -0.2) is 20.2 Å². The number of aryl methyl sites for hydroxylation is 1. The Morgan fingerprint density at radius 2 is 1.97 bits per heavy atom. The molecule has 7 nitrogen and oxygen atoms in total. The molecule has 0 amide bonds. The minimum Gasteiger partial charge on any atom is -0.453 e. The third-order valence-electron chi connectivity index (χ3n) is 5.17. The van der Waals surface area contributed by atoms with Crippen molar-refractivity contribution in [3.63, 3.8) is 0 Å². The SMILES string of the molecule is Cc1nc2ncccc2cc1-c1nnc(Cc2ccc(Cl)c(Oc3cc(Cl)cc(C#N)c3)c2F)o1. The van der Waals surface area contributed by atoms with E-state index < -0.39 is 5.82 Å². The van der Waals surface area contributed by atoms with Gasteiger partial charge >= 0.3 is 0 Å². The van der Waals surface area contributed by atoms with Crippen LogP contribution in [0.15, 0.2) is 59.1 Å². The van der Waals surface area contributed by atoms with Gasteiger partial charge in [0.25, 0.3) is 0 Å². The van der Waals surface area contributed by atoms with Gasteiger partial charge in [0.1, 0.15) is 5.75 Å². The number of rotatable bonds is 5. The number of hydrogen-bond acceptors (Lipinski definition) is 7. The van der Waals surface area contributed by atoms with Crippen LogP contribution in [0.5, 0.6) is 11.5 Å². The van der Waals surface area contributed by atoms with E-state index in [9.17, 15) is 0 Å². The second-order valence-corrected chi connectivity index (χ2v) is 8.43. The normalized spacial score (nSPS) is 10.9. The van der Waals surface area contributed by atoms with Crippen LogP contribution in [-0.2, 0) is 6.42 Å². The number of nitrogens with zero attached hydrogens (tertiary/aromatic N) is 5. The van der Waals surface area contributed by atoms with Gasteiger partial charge in [0.15, 0.2) is 17.2 Å². The first-order chi connectivity index (χ1) is 16.9. The second kappa shape index (κ2) is 9.29. The molecule has 35 heavy (non-hydrogen) atoms. The lowest BCUT2D eigenvalue weighted by molar-refractivity contribution is 0.437. The van der Waals surface area contributed by atoms with Gasteiger partial charge in [0, 0.05) is 22.2 Å². The summed E-state index contributed by atoms with van der Waals surface area (Å²) in [5.74, 6) is -0.236. The number of pyridine rings is 2. The Morgan fingerprint density at radius 1 is 1.11 bits per heavy atom. The zero-order chi connectivity index (χ0) is 24.5. The van der Waals surface area contributed by atoms with E-state index in [0.29, 0.717) is 16.9 Å². The van der Waals surface area contributed by atoms with Gasteiger partial charge in [-0.2, -0.15) is 5.26 Å². The molecule has 0 bridgehead atoms. The van der Waals surface area contributed by atoms with Crippen LogP contribution in [0.25, 0.3) is 22.5 Å². The molecule has 0 unspecified atom stereocenters. The van der Waals surface area contributed by atoms with Crippen molar-refractivity contribution in [3.8, 4) is 29.0 Å². The molecule has 5 rings (SSSR count). The predicted molar refractivity (Wildman–Crippen MR) is 128 cm³/mol. The Kier molecular flexibility index (Phi) is 6.03. The maximum absolute atomic E-state index is 15.3. The van der Waals surface area contributed by atoms with E-state index in [2.05, 4.69) is 20.2 Å². The van der Waals surface area contributed by atoms with Crippen molar-refractivity contribution in [1.29, 1.82) is 5.26 Å². The molecule has 0 atom stereocenters. The smallest absolute Gasteiger partial charge is 0.249 e. The van der Waals surface area contributed by atoms with E-state index in [4.69, 9.17) is 37.6 Å². The Balaban J connectivity index is 1.44. The average molecular weight is 506 g/mol. The van der Waals surface area contributed by atoms with E-state index in [1.165, 1.54) is 30.3 Å². The molecule has 0 spiro atoms. The van der Waals surface area contributed by atoms with Crippen molar-refractivity contribution < 1.29 is 13.5 Å². The Morgan fingerprint density at radius 3 is 2.80 bits per heavy atom. The van der Waals surface area contributed by atoms with Crippen molar-refractivity contribution in [2.24, 2.45) is 0 Å². The molecule has 5 aromatic rings. The Hall–Kier alpha value is -4.06. The third-order valence-corrected chi connectivity index (χ3v) is 5.68. The molecule has 0 aliphatic rings. The fourth-order valence-corrected chi connectivity index (χ4v) is 3.92. The molecule has 3 aromatic heterocycles. The van der Waals surface area contributed by atoms with E-state index >= 15 is 4.39 Å². The molecule has 0 saturated carbocycles. The number of aromatic nitrogens is 4. The van der Waals surface area contributed by atoms with Crippen LogP contribution in [0.3, 0.4) is 0 Å². The lowest BCUT2D eigenvalue weighted by Crippen LogP contribution is -1.98. The summed E-state index contributed by atoms with van der Waals surface area (Å²) in [6.07, 6.45) is 1.68. The lowest BCUT2D eigenvalue weighted by Gasteiger charge is -2.12. The van der Waals surface area contributed by atoms with Crippen LogP contribution in [0.4, 0.5) is 4.39 Å². The highest BCUT2D eigenvalue weighted by Crippen LogP contribution is 2.36. The van der Waals surface area contributed by atoms with E-state index in [1.54, 1.807) is 6.20 Å².